The van der Waals surface area contributed by atoms with Gasteiger partial charge in [0.1, 0.15) is 4.88 Å². The van der Waals surface area contributed by atoms with Crippen molar-refractivity contribution in [2.24, 2.45) is 7.05 Å². The number of nitrogens with one attached hydrogen (secondary N) is 1. The summed E-state index contributed by atoms with van der Waals surface area (Å²) < 4.78 is 5.02. The molecule has 112 valence electrons. The van der Waals surface area contributed by atoms with Gasteiger partial charge in [0, 0.05) is 12.4 Å². The van der Waals surface area contributed by atoms with Crippen molar-refractivity contribution in [2.75, 3.05) is 0 Å². The molecule has 3 rings (SSSR count). The third-order valence-corrected chi connectivity index (χ3v) is 4.13. The number of amides is 1. The summed E-state index contributed by atoms with van der Waals surface area (Å²) in [5.41, 5.74) is 1.08. The van der Waals surface area contributed by atoms with Gasteiger partial charge in [-0.1, -0.05) is 22.7 Å². The number of hydrogen-bond acceptors (Lipinski definition) is 6. The van der Waals surface area contributed by atoms with Gasteiger partial charge in [-0.2, -0.15) is 5.10 Å². The third kappa shape index (κ3) is 2.48. The Morgan fingerprint density at radius 3 is 2.73 bits per heavy atom. The summed E-state index contributed by atoms with van der Waals surface area (Å²) in [5, 5.41) is 12.2. The van der Waals surface area contributed by atoms with Crippen LogP contribution in [0.3, 0.4) is 0 Å². The topological polar surface area (TPSA) is 89.8 Å². The minimum Gasteiger partial charge on any atom is -0.345 e. The lowest BCUT2D eigenvalue weighted by atomic mass is 10.1. The molecule has 22 heavy (non-hydrogen) atoms. The van der Waals surface area contributed by atoms with Crippen molar-refractivity contribution >= 4 is 28.2 Å². The number of fused-ring (bicyclic) bond motifs is 1. The van der Waals surface area contributed by atoms with Crippen molar-refractivity contribution in [3.63, 3.8) is 0 Å². The maximum atomic E-state index is 12.1. The lowest BCUT2D eigenvalue weighted by Crippen LogP contribution is -2.27. The lowest BCUT2D eigenvalue weighted by molar-refractivity contribution is 0.0953. The van der Waals surface area contributed by atoms with Gasteiger partial charge in [0.25, 0.3) is 11.5 Å². The van der Waals surface area contributed by atoms with Crippen molar-refractivity contribution in [1.29, 1.82) is 0 Å². The first-order valence-electron chi connectivity index (χ1n) is 6.60. The van der Waals surface area contributed by atoms with Crippen LogP contribution in [0, 0.1) is 6.92 Å². The predicted molar refractivity (Wildman–Crippen MR) is 82.8 cm³/mol. The van der Waals surface area contributed by atoms with Gasteiger partial charge in [0.15, 0.2) is 0 Å². The molecule has 3 aromatic rings. The van der Waals surface area contributed by atoms with Crippen LogP contribution in [0.15, 0.2) is 29.1 Å². The average Bonchev–Trinajstić information content (AvgIpc) is 2.95. The molecular weight excluding hydrogens is 302 g/mol. The second kappa shape index (κ2) is 5.64. The van der Waals surface area contributed by atoms with Crippen LogP contribution in [0.2, 0.25) is 0 Å². The third-order valence-electron chi connectivity index (χ3n) is 3.31. The van der Waals surface area contributed by atoms with Gasteiger partial charge in [0.05, 0.1) is 23.3 Å². The summed E-state index contributed by atoms with van der Waals surface area (Å²) in [6.45, 7) is 1.96. The molecule has 0 unspecified atom stereocenters. The van der Waals surface area contributed by atoms with Gasteiger partial charge < -0.3 is 5.32 Å². The second-order valence-electron chi connectivity index (χ2n) is 4.79. The number of carbonyl (C=O) groups is 1. The summed E-state index contributed by atoms with van der Waals surface area (Å²) in [6, 6.07) is 7.22. The molecule has 0 atom stereocenters. The smallest absolute Gasteiger partial charge is 0.274 e. The highest BCUT2D eigenvalue weighted by Crippen LogP contribution is 2.13. The number of carbonyl (C=O) groups excluding carboxylic acids is 1. The van der Waals surface area contributed by atoms with Crippen molar-refractivity contribution < 1.29 is 4.79 Å². The standard InChI is InChI=1S/C14H13N5O2S/c1-8-12(22-18-16-8)13(20)15-7-11-9-5-3-4-6-10(9)14(21)19(2)17-11/h3-6H,7H2,1-2H3,(H,15,20). The fraction of sp³-hybridized carbons (Fsp3) is 0.214. The van der Waals surface area contributed by atoms with Crippen LogP contribution >= 0.6 is 11.5 Å². The minimum atomic E-state index is -0.243. The van der Waals surface area contributed by atoms with Gasteiger partial charge in [-0.15, -0.1) is 5.10 Å². The van der Waals surface area contributed by atoms with Gasteiger partial charge >= 0.3 is 0 Å². The molecule has 0 aliphatic heterocycles. The van der Waals surface area contributed by atoms with E-state index >= 15 is 0 Å². The number of nitrogens with zero attached hydrogens (tertiary/aromatic N) is 4. The molecule has 7 nitrogen and oxygen atoms in total. The van der Waals surface area contributed by atoms with E-state index in [2.05, 4.69) is 20.0 Å². The molecule has 0 aliphatic rings. The molecule has 0 saturated heterocycles. The van der Waals surface area contributed by atoms with Gasteiger partial charge in [-0.3, -0.25) is 9.59 Å². The first-order valence-corrected chi connectivity index (χ1v) is 7.37. The Morgan fingerprint density at radius 1 is 1.32 bits per heavy atom. The van der Waals surface area contributed by atoms with Crippen molar-refractivity contribution in [1.82, 2.24) is 24.7 Å². The molecule has 2 aromatic heterocycles. The highest BCUT2D eigenvalue weighted by atomic mass is 32.1. The predicted octanol–water partition coefficient (Wildman–Crippen LogP) is 1.02. The molecule has 0 bridgehead atoms. The van der Waals surface area contributed by atoms with E-state index in [-0.39, 0.29) is 18.0 Å². The van der Waals surface area contributed by atoms with Crippen LogP contribution < -0.4 is 10.9 Å². The van der Waals surface area contributed by atoms with E-state index in [1.165, 1.54) is 4.68 Å². The average molecular weight is 315 g/mol. The quantitative estimate of drug-likeness (QED) is 0.779. The van der Waals surface area contributed by atoms with E-state index in [0.29, 0.717) is 21.7 Å². The SMILES string of the molecule is Cc1nnsc1C(=O)NCc1nn(C)c(=O)c2ccccc12. The van der Waals surface area contributed by atoms with Gasteiger partial charge in [-0.25, -0.2) is 4.68 Å². The number of hydrogen-bond donors (Lipinski definition) is 1. The molecule has 8 heteroatoms. The monoisotopic (exact) mass is 315 g/mol. The van der Waals surface area contributed by atoms with Crippen molar-refractivity contribution in [2.45, 2.75) is 13.5 Å². The Hall–Kier alpha value is -2.61. The van der Waals surface area contributed by atoms with Crippen LogP contribution in [0.1, 0.15) is 21.1 Å². The molecule has 0 radical (unpaired) electrons. The van der Waals surface area contributed by atoms with E-state index in [0.717, 1.165) is 16.9 Å². The molecule has 0 saturated carbocycles. The highest BCUT2D eigenvalue weighted by molar-refractivity contribution is 7.07. The van der Waals surface area contributed by atoms with Gasteiger partial charge in [-0.05, 0) is 24.5 Å². The zero-order valence-electron chi connectivity index (χ0n) is 12.0. The summed E-state index contributed by atoms with van der Waals surface area (Å²) in [5.74, 6) is -0.243. The summed E-state index contributed by atoms with van der Waals surface area (Å²) in [6.07, 6.45) is 0. The van der Waals surface area contributed by atoms with Crippen molar-refractivity contribution in [3.8, 4) is 0 Å². The van der Waals surface area contributed by atoms with Crippen LogP contribution in [-0.2, 0) is 13.6 Å². The van der Waals surface area contributed by atoms with Gasteiger partial charge in [0.2, 0.25) is 0 Å². The number of rotatable bonds is 3. The van der Waals surface area contributed by atoms with Crippen LogP contribution in [0.5, 0.6) is 0 Å². The Labute approximate surface area is 129 Å². The highest BCUT2D eigenvalue weighted by Gasteiger charge is 2.14. The van der Waals surface area contributed by atoms with E-state index < -0.39 is 0 Å². The maximum Gasteiger partial charge on any atom is 0.274 e. The summed E-state index contributed by atoms with van der Waals surface area (Å²) >= 11 is 1.05. The Bertz CT molecular complexity index is 915. The number of aromatic nitrogens is 4. The fourth-order valence-electron chi connectivity index (χ4n) is 2.19. The van der Waals surface area contributed by atoms with Crippen LogP contribution in [0.25, 0.3) is 10.8 Å². The molecular formula is C14H13N5O2S. The molecule has 1 N–H and O–H groups in total. The Morgan fingerprint density at radius 2 is 2.05 bits per heavy atom. The van der Waals surface area contributed by atoms with Crippen LogP contribution in [-0.4, -0.2) is 25.3 Å². The number of benzene rings is 1. The van der Waals surface area contributed by atoms with E-state index in [4.69, 9.17) is 0 Å². The minimum absolute atomic E-state index is 0.159. The summed E-state index contributed by atoms with van der Waals surface area (Å²) in [7, 11) is 1.59. The first-order chi connectivity index (χ1) is 10.6. The van der Waals surface area contributed by atoms with E-state index in [1.54, 1.807) is 26.1 Å². The maximum absolute atomic E-state index is 12.1. The largest absolute Gasteiger partial charge is 0.345 e. The summed E-state index contributed by atoms with van der Waals surface area (Å²) in [4.78, 5) is 24.6. The van der Waals surface area contributed by atoms with E-state index in [1.807, 2.05) is 12.1 Å². The molecule has 0 spiro atoms. The van der Waals surface area contributed by atoms with Crippen molar-refractivity contribution in [3.05, 3.63) is 50.9 Å². The lowest BCUT2D eigenvalue weighted by Gasteiger charge is -2.08. The van der Waals surface area contributed by atoms with E-state index in [9.17, 15) is 9.59 Å². The molecule has 2 heterocycles. The normalized spacial score (nSPS) is 10.8. The second-order valence-corrected chi connectivity index (χ2v) is 5.55. The zero-order valence-corrected chi connectivity index (χ0v) is 12.8. The molecule has 0 aliphatic carbocycles. The Kier molecular flexibility index (Phi) is 3.68. The van der Waals surface area contributed by atoms with Crippen LogP contribution in [0.4, 0.5) is 0 Å². The molecule has 1 amide bonds. The Balaban J connectivity index is 1.92. The fourth-order valence-corrected chi connectivity index (χ4v) is 2.76. The number of aryl methyl sites for hydroxylation is 2. The molecule has 1 aromatic carbocycles. The molecule has 0 fully saturated rings. The first kappa shape index (κ1) is 14.3. The zero-order chi connectivity index (χ0) is 15.7.